The Labute approximate surface area is 130 Å². The van der Waals surface area contributed by atoms with Crippen LogP contribution in [-0.4, -0.2) is 19.1 Å². The summed E-state index contributed by atoms with van der Waals surface area (Å²) in [6.45, 7) is 0.503. The third-order valence-corrected chi connectivity index (χ3v) is 3.52. The van der Waals surface area contributed by atoms with Gasteiger partial charge in [0.25, 0.3) is 0 Å². The molecule has 4 heteroatoms. The van der Waals surface area contributed by atoms with Crippen LogP contribution >= 0.6 is 0 Å². The van der Waals surface area contributed by atoms with E-state index in [1.54, 1.807) is 0 Å². The molecule has 0 aliphatic carbocycles. The lowest BCUT2D eigenvalue weighted by Gasteiger charge is -2.14. The second kappa shape index (κ2) is 5.93. The highest BCUT2D eigenvalue weighted by atomic mass is 16.5. The number of benzene rings is 2. The van der Waals surface area contributed by atoms with E-state index >= 15 is 0 Å². The first-order valence-electron chi connectivity index (χ1n) is 7.17. The van der Waals surface area contributed by atoms with E-state index in [9.17, 15) is 0 Å². The minimum atomic E-state index is 0.503. The summed E-state index contributed by atoms with van der Waals surface area (Å²) >= 11 is 0. The van der Waals surface area contributed by atoms with Crippen molar-refractivity contribution in [2.75, 3.05) is 24.7 Å². The largest absolute Gasteiger partial charge is 0.489 e. The standard InChI is InChI=1S/C18H19N3O/c1-21(2)15-4-3-5-16(11-15)22-12-13-6-7-14-8-9-18(19)20-17(14)10-13/h3-11H,12H2,1-2H3,(H2,19,20). The number of nitrogens with zero attached hydrogens (tertiary/aromatic N) is 2. The summed E-state index contributed by atoms with van der Waals surface area (Å²) in [5.74, 6) is 1.39. The fraction of sp³-hybridized carbons (Fsp3) is 0.167. The van der Waals surface area contributed by atoms with Gasteiger partial charge in [0.15, 0.2) is 0 Å². The van der Waals surface area contributed by atoms with Crippen LogP contribution in [0.1, 0.15) is 5.56 Å². The number of hydrogen-bond donors (Lipinski definition) is 1. The summed E-state index contributed by atoms with van der Waals surface area (Å²) in [4.78, 5) is 6.40. The summed E-state index contributed by atoms with van der Waals surface area (Å²) in [6.07, 6.45) is 0. The Morgan fingerprint density at radius 3 is 2.68 bits per heavy atom. The van der Waals surface area contributed by atoms with Gasteiger partial charge in [0, 0.05) is 31.2 Å². The smallest absolute Gasteiger partial charge is 0.124 e. The van der Waals surface area contributed by atoms with E-state index < -0.39 is 0 Å². The summed E-state index contributed by atoms with van der Waals surface area (Å²) in [5, 5.41) is 1.08. The van der Waals surface area contributed by atoms with Crippen molar-refractivity contribution in [1.29, 1.82) is 0 Å². The SMILES string of the molecule is CN(C)c1cccc(OCc2ccc3ccc(N)nc3c2)c1. The molecular formula is C18H19N3O. The molecule has 0 aliphatic heterocycles. The minimum Gasteiger partial charge on any atom is -0.489 e. The van der Waals surface area contributed by atoms with Crippen LogP contribution in [0.25, 0.3) is 10.9 Å². The highest BCUT2D eigenvalue weighted by Gasteiger charge is 2.02. The van der Waals surface area contributed by atoms with Crippen molar-refractivity contribution >= 4 is 22.4 Å². The first-order chi connectivity index (χ1) is 10.6. The molecule has 2 aromatic carbocycles. The van der Waals surface area contributed by atoms with E-state index in [4.69, 9.17) is 10.5 Å². The quantitative estimate of drug-likeness (QED) is 0.800. The molecule has 0 saturated carbocycles. The minimum absolute atomic E-state index is 0.503. The zero-order valence-corrected chi connectivity index (χ0v) is 12.8. The number of nitrogens with two attached hydrogens (primary N) is 1. The number of hydrogen-bond acceptors (Lipinski definition) is 4. The van der Waals surface area contributed by atoms with Gasteiger partial charge in [-0.2, -0.15) is 0 Å². The topological polar surface area (TPSA) is 51.4 Å². The third-order valence-electron chi connectivity index (χ3n) is 3.52. The molecule has 0 spiro atoms. The van der Waals surface area contributed by atoms with Crippen LogP contribution in [0.4, 0.5) is 11.5 Å². The zero-order chi connectivity index (χ0) is 15.5. The highest BCUT2D eigenvalue weighted by molar-refractivity contribution is 5.80. The molecule has 0 amide bonds. The average Bonchev–Trinajstić information content (AvgIpc) is 2.52. The predicted octanol–water partition coefficient (Wildman–Crippen LogP) is 3.46. The second-order valence-corrected chi connectivity index (χ2v) is 5.44. The average molecular weight is 293 g/mol. The predicted molar refractivity (Wildman–Crippen MR) is 91.3 cm³/mol. The molecule has 3 rings (SSSR count). The zero-order valence-electron chi connectivity index (χ0n) is 12.8. The Balaban J connectivity index is 1.77. The van der Waals surface area contributed by atoms with Crippen molar-refractivity contribution in [1.82, 2.24) is 4.98 Å². The molecule has 112 valence electrons. The monoisotopic (exact) mass is 293 g/mol. The Morgan fingerprint density at radius 2 is 1.86 bits per heavy atom. The van der Waals surface area contributed by atoms with Crippen molar-refractivity contribution in [3.05, 3.63) is 60.2 Å². The maximum absolute atomic E-state index is 5.88. The number of aromatic nitrogens is 1. The Morgan fingerprint density at radius 1 is 1.05 bits per heavy atom. The fourth-order valence-electron chi connectivity index (χ4n) is 2.29. The van der Waals surface area contributed by atoms with E-state index in [0.29, 0.717) is 12.4 Å². The van der Waals surface area contributed by atoms with E-state index in [1.807, 2.05) is 56.6 Å². The highest BCUT2D eigenvalue weighted by Crippen LogP contribution is 2.21. The Kier molecular flexibility index (Phi) is 3.83. The van der Waals surface area contributed by atoms with Crippen molar-refractivity contribution in [2.24, 2.45) is 0 Å². The molecule has 1 heterocycles. The molecule has 0 saturated heterocycles. The van der Waals surface area contributed by atoms with Gasteiger partial charge in [-0.05, 0) is 35.9 Å². The lowest BCUT2D eigenvalue weighted by Crippen LogP contribution is -2.08. The maximum Gasteiger partial charge on any atom is 0.124 e. The van der Waals surface area contributed by atoms with E-state index in [-0.39, 0.29) is 0 Å². The van der Waals surface area contributed by atoms with Crippen molar-refractivity contribution in [2.45, 2.75) is 6.61 Å². The molecule has 4 nitrogen and oxygen atoms in total. The summed E-state index contributed by atoms with van der Waals surface area (Å²) < 4.78 is 5.88. The van der Waals surface area contributed by atoms with Gasteiger partial charge in [-0.3, -0.25) is 0 Å². The fourth-order valence-corrected chi connectivity index (χ4v) is 2.29. The van der Waals surface area contributed by atoms with Crippen LogP contribution < -0.4 is 15.4 Å². The molecule has 1 aromatic heterocycles. The summed E-state index contributed by atoms with van der Waals surface area (Å²) in [6, 6.07) is 17.9. The maximum atomic E-state index is 5.88. The van der Waals surface area contributed by atoms with E-state index in [1.165, 1.54) is 0 Å². The van der Waals surface area contributed by atoms with Gasteiger partial charge >= 0.3 is 0 Å². The summed E-state index contributed by atoms with van der Waals surface area (Å²) in [5.41, 5.74) is 8.82. The van der Waals surface area contributed by atoms with E-state index in [2.05, 4.69) is 22.0 Å². The number of rotatable bonds is 4. The van der Waals surface area contributed by atoms with Gasteiger partial charge in [0.05, 0.1) is 5.52 Å². The van der Waals surface area contributed by atoms with Crippen LogP contribution in [0.3, 0.4) is 0 Å². The van der Waals surface area contributed by atoms with Crippen molar-refractivity contribution in [3.8, 4) is 5.75 Å². The van der Waals surface area contributed by atoms with Crippen LogP contribution in [0.15, 0.2) is 54.6 Å². The molecule has 22 heavy (non-hydrogen) atoms. The summed E-state index contributed by atoms with van der Waals surface area (Å²) in [7, 11) is 4.02. The molecule has 3 aromatic rings. The number of nitrogen functional groups attached to an aromatic ring is 1. The Hall–Kier alpha value is -2.75. The van der Waals surface area contributed by atoms with Crippen molar-refractivity contribution in [3.63, 3.8) is 0 Å². The molecule has 0 unspecified atom stereocenters. The normalized spacial score (nSPS) is 10.6. The molecule has 0 atom stereocenters. The van der Waals surface area contributed by atoms with Gasteiger partial charge in [-0.15, -0.1) is 0 Å². The number of ether oxygens (including phenoxy) is 1. The molecule has 2 N–H and O–H groups in total. The first-order valence-corrected chi connectivity index (χ1v) is 7.17. The third kappa shape index (κ3) is 3.11. The van der Waals surface area contributed by atoms with Gasteiger partial charge in [0.2, 0.25) is 0 Å². The van der Waals surface area contributed by atoms with Crippen LogP contribution in [0.5, 0.6) is 5.75 Å². The van der Waals surface area contributed by atoms with Gasteiger partial charge < -0.3 is 15.4 Å². The molecule has 0 fully saturated rings. The van der Waals surface area contributed by atoms with Gasteiger partial charge in [-0.1, -0.05) is 18.2 Å². The van der Waals surface area contributed by atoms with Crippen LogP contribution in [0.2, 0.25) is 0 Å². The van der Waals surface area contributed by atoms with E-state index in [0.717, 1.165) is 27.9 Å². The molecule has 0 bridgehead atoms. The van der Waals surface area contributed by atoms with Crippen LogP contribution in [0, 0.1) is 0 Å². The Bertz CT molecular complexity index is 799. The lowest BCUT2D eigenvalue weighted by atomic mass is 10.1. The van der Waals surface area contributed by atoms with Gasteiger partial charge in [0.1, 0.15) is 18.2 Å². The number of pyridine rings is 1. The first kappa shape index (κ1) is 14.2. The van der Waals surface area contributed by atoms with Crippen molar-refractivity contribution < 1.29 is 4.74 Å². The second-order valence-electron chi connectivity index (χ2n) is 5.44. The number of anilines is 2. The molecular weight excluding hydrogens is 274 g/mol. The molecule has 0 radical (unpaired) electrons. The van der Waals surface area contributed by atoms with Crippen LogP contribution in [-0.2, 0) is 6.61 Å². The number of fused-ring (bicyclic) bond motifs is 1. The lowest BCUT2D eigenvalue weighted by molar-refractivity contribution is 0.306. The molecule has 0 aliphatic rings. The van der Waals surface area contributed by atoms with Gasteiger partial charge in [-0.25, -0.2) is 4.98 Å².